The molecule has 0 saturated heterocycles. The van der Waals surface area contributed by atoms with Crippen LogP contribution in [0.3, 0.4) is 0 Å². The molecule has 1 amide bonds. The number of nitrogens with zero attached hydrogens (tertiary/aromatic N) is 6. The number of carbonyl (C=O) groups excluding carboxylic acids is 1. The van der Waals surface area contributed by atoms with Gasteiger partial charge in [0.1, 0.15) is 18.0 Å². The molecule has 0 aliphatic rings. The molecule has 9 heteroatoms. The van der Waals surface area contributed by atoms with E-state index >= 15 is 0 Å². The van der Waals surface area contributed by atoms with Gasteiger partial charge in [-0.05, 0) is 26.8 Å². The summed E-state index contributed by atoms with van der Waals surface area (Å²) < 4.78 is 14.8. The normalized spacial score (nSPS) is 11.5. The average Bonchev–Trinajstić information content (AvgIpc) is 3.23. The summed E-state index contributed by atoms with van der Waals surface area (Å²) in [5.41, 5.74) is 1.78. The molecule has 3 rings (SSSR count). The third kappa shape index (κ3) is 4.56. The lowest BCUT2D eigenvalue weighted by atomic mass is 10.2. The lowest BCUT2D eigenvalue weighted by molar-refractivity contribution is 0.0276. The van der Waals surface area contributed by atoms with Gasteiger partial charge in [0.05, 0.1) is 41.9 Å². The number of ether oxygens (including phenoxy) is 2. The Labute approximate surface area is 169 Å². The van der Waals surface area contributed by atoms with Gasteiger partial charge in [0, 0.05) is 20.3 Å². The van der Waals surface area contributed by atoms with E-state index in [9.17, 15) is 4.79 Å². The molecular formula is C20H26N6O3. The predicted molar refractivity (Wildman–Crippen MR) is 110 cm³/mol. The van der Waals surface area contributed by atoms with Crippen LogP contribution in [0.5, 0.6) is 5.88 Å². The lowest BCUT2D eigenvalue weighted by Crippen LogP contribution is -2.36. The Morgan fingerprint density at radius 1 is 1.28 bits per heavy atom. The van der Waals surface area contributed by atoms with Crippen LogP contribution in [-0.4, -0.2) is 60.9 Å². The molecule has 3 aromatic rings. The summed E-state index contributed by atoms with van der Waals surface area (Å²) >= 11 is 0. The van der Waals surface area contributed by atoms with Gasteiger partial charge in [-0.2, -0.15) is 5.10 Å². The summed E-state index contributed by atoms with van der Waals surface area (Å²) in [6, 6.07) is 0. The van der Waals surface area contributed by atoms with Gasteiger partial charge >= 0.3 is 6.09 Å². The fourth-order valence-electron chi connectivity index (χ4n) is 2.69. The Hall–Kier alpha value is -3.36. The molecule has 29 heavy (non-hydrogen) atoms. The highest BCUT2D eigenvalue weighted by molar-refractivity contribution is 5.68. The Morgan fingerprint density at radius 2 is 2.00 bits per heavy atom. The van der Waals surface area contributed by atoms with Crippen molar-refractivity contribution in [2.75, 3.05) is 20.2 Å². The van der Waals surface area contributed by atoms with Crippen LogP contribution in [-0.2, 0) is 11.8 Å². The number of hydrogen-bond donors (Lipinski definition) is 0. The van der Waals surface area contributed by atoms with Gasteiger partial charge in [-0.15, -0.1) is 0 Å². The highest BCUT2D eigenvalue weighted by Crippen LogP contribution is 2.28. The highest BCUT2D eigenvalue weighted by atomic mass is 16.6. The molecule has 0 fully saturated rings. The third-order valence-electron chi connectivity index (χ3n) is 4.15. The van der Waals surface area contributed by atoms with Crippen molar-refractivity contribution in [3.05, 3.63) is 37.2 Å². The Morgan fingerprint density at radius 3 is 2.69 bits per heavy atom. The van der Waals surface area contributed by atoms with E-state index in [0.29, 0.717) is 18.1 Å². The Balaban J connectivity index is 1.73. The maximum atomic E-state index is 12.1. The third-order valence-corrected chi connectivity index (χ3v) is 4.15. The molecule has 0 aliphatic carbocycles. The quantitative estimate of drug-likeness (QED) is 0.634. The first-order valence-electron chi connectivity index (χ1n) is 9.24. The lowest BCUT2D eigenvalue weighted by Gasteiger charge is -2.24. The fourth-order valence-corrected chi connectivity index (χ4v) is 2.69. The van der Waals surface area contributed by atoms with Crippen LogP contribution in [0.15, 0.2) is 31.4 Å². The van der Waals surface area contributed by atoms with Gasteiger partial charge in [-0.3, -0.25) is 9.38 Å². The standard InChI is InChI=1S/C20H26N6O3/c1-7-17-22-11-14-10-21-16(13-26(14)17)15-12-23-25(6)18(15)28-9-8-24(5)19(27)29-20(2,3)4/h7,10-13H,1,8-9H2,2-6H3. The van der Waals surface area contributed by atoms with E-state index in [2.05, 4.69) is 21.6 Å². The number of rotatable bonds is 6. The van der Waals surface area contributed by atoms with Gasteiger partial charge in [0.2, 0.25) is 5.88 Å². The van der Waals surface area contributed by atoms with Crippen LogP contribution in [0.25, 0.3) is 22.9 Å². The summed E-state index contributed by atoms with van der Waals surface area (Å²) in [6.07, 6.45) is 8.34. The molecule has 0 spiro atoms. The smallest absolute Gasteiger partial charge is 0.410 e. The van der Waals surface area contributed by atoms with Crippen molar-refractivity contribution >= 4 is 17.7 Å². The van der Waals surface area contributed by atoms with Crippen LogP contribution in [0.1, 0.15) is 26.6 Å². The maximum absolute atomic E-state index is 12.1. The molecule has 0 saturated carbocycles. The molecule has 0 radical (unpaired) electrons. The van der Waals surface area contributed by atoms with Gasteiger partial charge in [-0.25, -0.2) is 14.5 Å². The average molecular weight is 398 g/mol. The van der Waals surface area contributed by atoms with E-state index in [0.717, 1.165) is 16.9 Å². The topological polar surface area (TPSA) is 86.8 Å². The largest absolute Gasteiger partial charge is 0.475 e. The highest BCUT2D eigenvalue weighted by Gasteiger charge is 2.20. The van der Waals surface area contributed by atoms with Crippen LogP contribution in [0.2, 0.25) is 0 Å². The van der Waals surface area contributed by atoms with E-state index in [4.69, 9.17) is 9.47 Å². The first-order chi connectivity index (χ1) is 13.7. The summed E-state index contributed by atoms with van der Waals surface area (Å²) in [4.78, 5) is 22.3. The first-order valence-corrected chi connectivity index (χ1v) is 9.24. The molecule has 154 valence electrons. The van der Waals surface area contributed by atoms with E-state index < -0.39 is 11.7 Å². The summed E-state index contributed by atoms with van der Waals surface area (Å²) in [6.45, 7) is 9.93. The van der Waals surface area contributed by atoms with E-state index in [1.165, 1.54) is 4.90 Å². The van der Waals surface area contributed by atoms with E-state index in [1.54, 1.807) is 43.4 Å². The van der Waals surface area contributed by atoms with Gasteiger partial charge in [0.15, 0.2) is 0 Å². The minimum absolute atomic E-state index is 0.285. The second-order valence-corrected chi connectivity index (χ2v) is 7.63. The van der Waals surface area contributed by atoms with Crippen molar-refractivity contribution in [2.24, 2.45) is 7.05 Å². The van der Waals surface area contributed by atoms with Crippen molar-refractivity contribution in [1.82, 2.24) is 29.0 Å². The van der Waals surface area contributed by atoms with Crippen molar-refractivity contribution in [3.63, 3.8) is 0 Å². The van der Waals surface area contributed by atoms with Crippen molar-refractivity contribution in [2.45, 2.75) is 26.4 Å². The molecule has 0 aromatic carbocycles. The first kappa shape index (κ1) is 20.4. The number of imidazole rings is 1. The van der Waals surface area contributed by atoms with Crippen LogP contribution in [0.4, 0.5) is 4.79 Å². The maximum Gasteiger partial charge on any atom is 0.410 e. The number of amides is 1. The number of hydrogen-bond acceptors (Lipinski definition) is 6. The number of aromatic nitrogens is 5. The summed E-state index contributed by atoms with van der Waals surface area (Å²) in [5.74, 6) is 1.30. The Kier molecular flexibility index (Phi) is 5.58. The monoisotopic (exact) mass is 398 g/mol. The zero-order chi connectivity index (χ0) is 21.2. The number of carbonyl (C=O) groups is 1. The summed E-state index contributed by atoms with van der Waals surface area (Å²) in [7, 11) is 3.47. The molecule has 0 bridgehead atoms. The number of aryl methyl sites for hydroxylation is 1. The van der Waals surface area contributed by atoms with E-state index in [1.807, 2.05) is 31.4 Å². The molecule has 0 atom stereocenters. The number of fused-ring (bicyclic) bond motifs is 1. The fraction of sp³-hybridized carbons (Fsp3) is 0.400. The predicted octanol–water partition coefficient (Wildman–Crippen LogP) is 3.02. The zero-order valence-electron chi connectivity index (χ0n) is 17.4. The van der Waals surface area contributed by atoms with Crippen LogP contribution < -0.4 is 4.74 Å². The SMILES string of the molecule is C=Cc1ncc2cnc(-c3cnn(C)c3OCCN(C)C(=O)OC(C)(C)C)cn12. The van der Waals surface area contributed by atoms with Gasteiger partial charge in [-0.1, -0.05) is 6.58 Å². The molecular weight excluding hydrogens is 372 g/mol. The van der Waals surface area contributed by atoms with Crippen LogP contribution in [0, 0.1) is 0 Å². The van der Waals surface area contributed by atoms with E-state index in [-0.39, 0.29) is 6.61 Å². The second-order valence-electron chi connectivity index (χ2n) is 7.63. The minimum Gasteiger partial charge on any atom is -0.475 e. The molecule has 0 aliphatic heterocycles. The number of likely N-dealkylation sites (N-methyl/N-ethyl adjacent to an activating group) is 1. The van der Waals surface area contributed by atoms with Gasteiger partial charge in [0.25, 0.3) is 0 Å². The van der Waals surface area contributed by atoms with Crippen LogP contribution >= 0.6 is 0 Å². The van der Waals surface area contributed by atoms with Crippen molar-refractivity contribution in [3.8, 4) is 17.1 Å². The minimum atomic E-state index is -0.538. The molecule has 3 aromatic heterocycles. The molecule has 3 heterocycles. The molecule has 0 unspecified atom stereocenters. The summed E-state index contributed by atoms with van der Waals surface area (Å²) in [5, 5.41) is 4.29. The molecule has 9 nitrogen and oxygen atoms in total. The Bertz CT molecular complexity index is 1030. The molecule has 0 N–H and O–H groups in total. The van der Waals surface area contributed by atoms with Gasteiger partial charge < -0.3 is 14.4 Å². The van der Waals surface area contributed by atoms with Crippen molar-refractivity contribution in [1.29, 1.82) is 0 Å². The zero-order valence-corrected chi connectivity index (χ0v) is 17.4. The second kappa shape index (κ2) is 7.94. The van der Waals surface area contributed by atoms with Crippen molar-refractivity contribution < 1.29 is 14.3 Å².